The van der Waals surface area contributed by atoms with Gasteiger partial charge in [0, 0.05) is 59.2 Å². The van der Waals surface area contributed by atoms with Crippen molar-refractivity contribution in [2.24, 2.45) is 0 Å². The normalized spacial score (nSPS) is 16.3. The Morgan fingerprint density at radius 3 is 3.21 bits per heavy atom. The summed E-state index contributed by atoms with van der Waals surface area (Å²) < 4.78 is 0.854. The highest BCUT2D eigenvalue weighted by Gasteiger charge is 2.34. The number of thiophene rings is 1. The van der Waals surface area contributed by atoms with Gasteiger partial charge in [-0.25, -0.2) is 4.98 Å². The standard InChI is InChI=1S/C22H18ClN3O2S/c1-12-11-29-21-17(27)7-16-20(19(12)21)14(8-23)10-26(16)18(28)5-4-13-9-25-22-15(13)3-2-6-24-22/h2-7,9,11,14,27H,8,10H2,1H3,(H,24,25)/t14-/m0/s1. The number of halogens is 1. The fraction of sp³-hybridized carbons (Fsp3) is 0.182. The molecule has 29 heavy (non-hydrogen) atoms. The van der Waals surface area contributed by atoms with Crippen molar-refractivity contribution >= 4 is 61.7 Å². The number of rotatable bonds is 3. The molecule has 1 aliphatic rings. The molecule has 5 rings (SSSR count). The highest BCUT2D eigenvalue weighted by Crippen LogP contribution is 2.48. The molecule has 1 atom stereocenters. The Morgan fingerprint density at radius 2 is 2.38 bits per heavy atom. The second-order valence-corrected chi connectivity index (χ2v) is 8.42. The molecule has 1 amide bonds. The van der Waals surface area contributed by atoms with Crippen molar-refractivity contribution < 1.29 is 9.90 Å². The van der Waals surface area contributed by atoms with Gasteiger partial charge in [0.05, 0.1) is 10.4 Å². The van der Waals surface area contributed by atoms with Gasteiger partial charge in [0.2, 0.25) is 0 Å². The summed E-state index contributed by atoms with van der Waals surface area (Å²) in [6.45, 7) is 2.53. The lowest BCUT2D eigenvalue weighted by Crippen LogP contribution is -2.28. The van der Waals surface area contributed by atoms with E-state index in [0.717, 1.165) is 43.5 Å². The number of anilines is 1. The molecule has 0 fully saturated rings. The maximum absolute atomic E-state index is 13.1. The lowest BCUT2D eigenvalue weighted by atomic mass is 9.97. The van der Waals surface area contributed by atoms with Crippen molar-refractivity contribution in [2.75, 3.05) is 17.3 Å². The van der Waals surface area contributed by atoms with Crippen LogP contribution >= 0.6 is 22.9 Å². The Bertz CT molecular complexity index is 1290. The van der Waals surface area contributed by atoms with E-state index in [1.54, 1.807) is 29.3 Å². The van der Waals surface area contributed by atoms with E-state index in [1.165, 1.54) is 11.3 Å². The molecule has 2 N–H and O–H groups in total. The third-order valence-electron chi connectivity index (χ3n) is 5.47. The summed E-state index contributed by atoms with van der Waals surface area (Å²) in [6.07, 6.45) is 6.93. The highest BCUT2D eigenvalue weighted by molar-refractivity contribution is 7.17. The fourth-order valence-electron chi connectivity index (χ4n) is 4.12. The molecule has 0 unspecified atom stereocenters. The van der Waals surface area contributed by atoms with Gasteiger partial charge in [-0.05, 0) is 41.6 Å². The van der Waals surface area contributed by atoms with Crippen molar-refractivity contribution in [1.82, 2.24) is 9.97 Å². The number of pyridine rings is 1. The Labute approximate surface area is 176 Å². The van der Waals surface area contributed by atoms with Crippen molar-refractivity contribution in [1.29, 1.82) is 0 Å². The predicted octanol–water partition coefficient (Wildman–Crippen LogP) is 5.17. The number of aryl methyl sites for hydroxylation is 1. The number of H-pyrrole nitrogens is 1. The number of phenolic OH excluding ortho intramolecular Hbond substituents is 1. The van der Waals surface area contributed by atoms with Gasteiger partial charge in [-0.1, -0.05) is 0 Å². The van der Waals surface area contributed by atoms with Crippen molar-refractivity contribution in [3.05, 3.63) is 58.7 Å². The average molecular weight is 424 g/mol. The zero-order chi connectivity index (χ0) is 20.1. The summed E-state index contributed by atoms with van der Waals surface area (Å²) in [5.74, 6) is 0.530. The van der Waals surface area contributed by atoms with Gasteiger partial charge in [-0.3, -0.25) is 4.79 Å². The van der Waals surface area contributed by atoms with Crippen LogP contribution < -0.4 is 4.90 Å². The summed E-state index contributed by atoms with van der Waals surface area (Å²) in [5.41, 5.74) is 4.60. The van der Waals surface area contributed by atoms with E-state index in [4.69, 9.17) is 11.6 Å². The van der Waals surface area contributed by atoms with Gasteiger partial charge >= 0.3 is 0 Å². The number of nitrogens with zero attached hydrogens (tertiary/aromatic N) is 2. The van der Waals surface area contributed by atoms with E-state index in [1.807, 2.05) is 30.6 Å². The molecule has 5 nitrogen and oxygen atoms in total. The Hall–Kier alpha value is -2.83. The molecule has 3 aromatic heterocycles. The molecule has 0 saturated heterocycles. The van der Waals surface area contributed by atoms with Crippen LogP contribution in [0.1, 0.15) is 22.6 Å². The molecule has 4 aromatic rings. The molecule has 4 heterocycles. The Balaban J connectivity index is 1.54. The van der Waals surface area contributed by atoms with Crippen molar-refractivity contribution in [3.8, 4) is 5.75 Å². The third-order valence-corrected chi connectivity index (χ3v) is 6.96. The Morgan fingerprint density at radius 1 is 1.52 bits per heavy atom. The van der Waals surface area contributed by atoms with Gasteiger partial charge < -0.3 is 15.0 Å². The van der Waals surface area contributed by atoms with Crippen molar-refractivity contribution in [3.63, 3.8) is 0 Å². The minimum Gasteiger partial charge on any atom is -0.506 e. The maximum atomic E-state index is 13.1. The van der Waals surface area contributed by atoms with E-state index in [0.29, 0.717) is 12.4 Å². The third kappa shape index (κ3) is 2.82. The monoisotopic (exact) mass is 423 g/mol. The molecular formula is C22H18ClN3O2S. The topological polar surface area (TPSA) is 69.2 Å². The molecule has 0 spiro atoms. The van der Waals surface area contributed by atoms with Gasteiger partial charge in [0.1, 0.15) is 11.4 Å². The molecule has 7 heteroatoms. The van der Waals surface area contributed by atoms with Crippen LogP contribution in [0.2, 0.25) is 0 Å². The van der Waals surface area contributed by atoms with Gasteiger partial charge in [0.25, 0.3) is 5.91 Å². The van der Waals surface area contributed by atoms with Crippen LogP contribution in [0.5, 0.6) is 5.75 Å². The molecular weight excluding hydrogens is 406 g/mol. The predicted molar refractivity (Wildman–Crippen MR) is 119 cm³/mol. The summed E-state index contributed by atoms with van der Waals surface area (Å²) in [7, 11) is 0. The number of amides is 1. The SMILES string of the molecule is Cc1csc2c(O)cc3c(c12)[C@@H](CCl)CN3C(=O)C=Cc1c[nH]c2ncccc12. The highest BCUT2D eigenvalue weighted by atomic mass is 35.5. The molecule has 0 bridgehead atoms. The van der Waals surface area contributed by atoms with Crippen molar-refractivity contribution in [2.45, 2.75) is 12.8 Å². The summed E-state index contributed by atoms with van der Waals surface area (Å²) in [5, 5.41) is 14.5. The first-order valence-electron chi connectivity index (χ1n) is 9.29. The van der Waals surface area contributed by atoms with Crippen LogP contribution in [0.15, 0.2) is 42.0 Å². The molecule has 1 aromatic carbocycles. The average Bonchev–Trinajstić information content (AvgIpc) is 3.41. The largest absolute Gasteiger partial charge is 0.506 e. The number of carbonyl (C=O) groups is 1. The maximum Gasteiger partial charge on any atom is 0.251 e. The summed E-state index contributed by atoms with van der Waals surface area (Å²) in [4.78, 5) is 22.2. The number of nitrogens with one attached hydrogen (secondary N) is 1. The number of aromatic nitrogens is 2. The molecule has 0 saturated carbocycles. The second kappa shape index (κ2) is 6.90. The van der Waals surface area contributed by atoms with Gasteiger partial charge in [-0.15, -0.1) is 22.9 Å². The first-order valence-corrected chi connectivity index (χ1v) is 10.7. The first kappa shape index (κ1) is 18.2. The smallest absolute Gasteiger partial charge is 0.251 e. The first-order chi connectivity index (χ1) is 14.1. The van der Waals surface area contributed by atoms with Crippen LogP contribution in [-0.4, -0.2) is 33.4 Å². The summed E-state index contributed by atoms with van der Waals surface area (Å²) >= 11 is 7.78. The molecule has 0 aliphatic carbocycles. The molecule has 146 valence electrons. The lowest BCUT2D eigenvalue weighted by Gasteiger charge is -2.16. The van der Waals surface area contributed by atoms with E-state index < -0.39 is 0 Å². The number of hydrogen-bond acceptors (Lipinski definition) is 4. The number of benzene rings is 1. The van der Waals surface area contributed by atoms with Gasteiger partial charge in [-0.2, -0.15) is 0 Å². The van der Waals surface area contributed by atoms with E-state index in [2.05, 4.69) is 9.97 Å². The van der Waals surface area contributed by atoms with E-state index in [-0.39, 0.29) is 17.6 Å². The van der Waals surface area contributed by atoms with E-state index in [9.17, 15) is 9.90 Å². The Kier molecular flexibility index (Phi) is 4.33. The number of alkyl halides is 1. The quantitative estimate of drug-likeness (QED) is 0.352. The number of fused-ring (bicyclic) bond motifs is 4. The van der Waals surface area contributed by atoms with Crippen LogP contribution in [0.25, 0.3) is 27.2 Å². The lowest BCUT2D eigenvalue weighted by molar-refractivity contribution is -0.114. The zero-order valence-corrected chi connectivity index (χ0v) is 17.2. The minimum atomic E-state index is -0.135. The number of phenols is 1. The number of aromatic hydroxyl groups is 1. The van der Waals surface area contributed by atoms with Crippen LogP contribution in [-0.2, 0) is 4.79 Å². The molecule has 0 radical (unpaired) electrons. The minimum absolute atomic E-state index is 0.0395. The van der Waals surface area contributed by atoms with Gasteiger partial charge in [0.15, 0.2) is 0 Å². The zero-order valence-electron chi connectivity index (χ0n) is 15.6. The van der Waals surface area contributed by atoms with E-state index >= 15 is 0 Å². The van der Waals surface area contributed by atoms with Crippen LogP contribution in [0.3, 0.4) is 0 Å². The van der Waals surface area contributed by atoms with Crippen LogP contribution in [0.4, 0.5) is 5.69 Å². The number of aromatic amines is 1. The number of hydrogen-bond donors (Lipinski definition) is 2. The molecule has 1 aliphatic heterocycles. The second-order valence-electron chi connectivity index (χ2n) is 7.23. The fourth-order valence-corrected chi connectivity index (χ4v) is 5.35. The summed E-state index contributed by atoms with van der Waals surface area (Å²) in [6, 6.07) is 5.53. The van der Waals surface area contributed by atoms with Crippen LogP contribution in [0, 0.1) is 6.92 Å². The number of carbonyl (C=O) groups excluding carboxylic acids is 1.